The number of nitrogens with one attached hydrogen (secondary N) is 1. The Morgan fingerprint density at radius 3 is 2.52 bits per heavy atom. The molecule has 1 aromatic carbocycles. The van der Waals surface area contributed by atoms with Crippen LogP contribution in [-0.4, -0.2) is 53.3 Å². The molecule has 0 unspecified atom stereocenters. The lowest BCUT2D eigenvalue weighted by atomic mass is 9.92. The van der Waals surface area contributed by atoms with Crippen LogP contribution in [0.1, 0.15) is 49.0 Å². The third-order valence-electron chi connectivity index (χ3n) is 5.15. The average molecular weight is 453 g/mol. The zero-order valence-corrected chi connectivity index (χ0v) is 19.9. The molecule has 0 bridgehead atoms. The van der Waals surface area contributed by atoms with E-state index >= 15 is 0 Å². The molecule has 0 radical (unpaired) electrons. The van der Waals surface area contributed by atoms with Crippen molar-refractivity contribution < 1.29 is 18.7 Å². The molecule has 0 aliphatic heterocycles. The summed E-state index contributed by atoms with van der Waals surface area (Å²) in [6, 6.07) is 13.0. The number of amides is 2. The molecule has 2 aromatic heterocycles. The van der Waals surface area contributed by atoms with E-state index in [4.69, 9.17) is 14.3 Å². The van der Waals surface area contributed by atoms with Gasteiger partial charge in [0, 0.05) is 31.7 Å². The minimum Gasteiger partial charge on any atom is -0.459 e. The molecule has 33 heavy (non-hydrogen) atoms. The Bertz CT molecular complexity index is 1060. The Morgan fingerprint density at radius 1 is 1.18 bits per heavy atom. The highest BCUT2D eigenvalue weighted by molar-refractivity contribution is 5.97. The quantitative estimate of drug-likeness (QED) is 0.492. The third kappa shape index (κ3) is 6.32. The molecule has 0 aliphatic rings. The summed E-state index contributed by atoms with van der Waals surface area (Å²) in [6.07, 6.45) is 2.04. The van der Waals surface area contributed by atoms with E-state index in [1.165, 1.54) is 11.2 Å². The molecule has 0 fully saturated rings. The van der Waals surface area contributed by atoms with Crippen LogP contribution >= 0.6 is 0 Å². The van der Waals surface area contributed by atoms with Gasteiger partial charge >= 0.3 is 0 Å². The summed E-state index contributed by atoms with van der Waals surface area (Å²) in [4.78, 5) is 27.3. The van der Waals surface area contributed by atoms with Crippen molar-refractivity contribution in [1.82, 2.24) is 14.7 Å². The van der Waals surface area contributed by atoms with Gasteiger partial charge in [0.1, 0.15) is 12.4 Å². The van der Waals surface area contributed by atoms with Gasteiger partial charge in [-0.2, -0.15) is 5.10 Å². The van der Waals surface area contributed by atoms with Crippen LogP contribution < -0.4 is 5.32 Å². The minimum absolute atomic E-state index is 0.118. The number of methoxy groups -OCH3 is 1. The number of benzene rings is 1. The van der Waals surface area contributed by atoms with E-state index in [1.54, 1.807) is 23.9 Å². The summed E-state index contributed by atoms with van der Waals surface area (Å²) in [7, 11) is 1.60. The number of aromatic nitrogens is 2. The molecule has 176 valence electrons. The van der Waals surface area contributed by atoms with Crippen molar-refractivity contribution in [3.8, 4) is 5.69 Å². The van der Waals surface area contributed by atoms with Gasteiger partial charge in [0.05, 0.1) is 17.6 Å². The smallest absolute Gasteiger partial charge is 0.290 e. The molecule has 3 rings (SSSR count). The van der Waals surface area contributed by atoms with E-state index in [9.17, 15) is 9.59 Å². The van der Waals surface area contributed by atoms with Crippen LogP contribution in [0.4, 0.5) is 5.82 Å². The van der Waals surface area contributed by atoms with Crippen LogP contribution in [0.5, 0.6) is 0 Å². The summed E-state index contributed by atoms with van der Waals surface area (Å²) in [5.74, 6) is 0.0886. The van der Waals surface area contributed by atoms with Crippen molar-refractivity contribution in [2.75, 3.05) is 32.1 Å². The number of hydrogen-bond donors (Lipinski definition) is 1. The van der Waals surface area contributed by atoms with Crippen molar-refractivity contribution in [2.45, 2.75) is 39.5 Å². The van der Waals surface area contributed by atoms with Gasteiger partial charge in [-0.05, 0) is 37.6 Å². The summed E-state index contributed by atoms with van der Waals surface area (Å²) in [6.45, 7) is 8.96. The van der Waals surface area contributed by atoms with Crippen molar-refractivity contribution in [3.05, 3.63) is 65.7 Å². The number of nitrogens with zero attached hydrogens (tertiary/aromatic N) is 3. The van der Waals surface area contributed by atoms with E-state index in [2.05, 4.69) is 26.1 Å². The highest BCUT2D eigenvalue weighted by atomic mass is 16.5. The van der Waals surface area contributed by atoms with Gasteiger partial charge in [0.15, 0.2) is 5.76 Å². The number of anilines is 1. The zero-order valence-electron chi connectivity index (χ0n) is 19.9. The number of carbonyl (C=O) groups excluding carboxylic acids is 2. The molecule has 0 atom stereocenters. The maximum atomic E-state index is 13.0. The summed E-state index contributed by atoms with van der Waals surface area (Å²) >= 11 is 0. The molecule has 2 heterocycles. The highest BCUT2D eigenvalue weighted by Gasteiger charge is 2.24. The van der Waals surface area contributed by atoms with Crippen LogP contribution in [0.3, 0.4) is 0 Å². The van der Waals surface area contributed by atoms with Crippen LogP contribution in [0.15, 0.2) is 53.1 Å². The molecule has 8 heteroatoms. The van der Waals surface area contributed by atoms with Crippen LogP contribution in [0, 0.1) is 6.92 Å². The fourth-order valence-corrected chi connectivity index (χ4v) is 3.28. The highest BCUT2D eigenvalue weighted by Crippen LogP contribution is 2.26. The lowest BCUT2D eigenvalue weighted by molar-refractivity contribution is -0.117. The van der Waals surface area contributed by atoms with Crippen molar-refractivity contribution >= 4 is 17.6 Å². The molecule has 0 saturated heterocycles. The van der Waals surface area contributed by atoms with Crippen molar-refractivity contribution in [2.24, 2.45) is 0 Å². The molecular formula is C25H32N4O4. The summed E-state index contributed by atoms with van der Waals surface area (Å²) in [5.41, 5.74) is 2.63. The number of rotatable bonds is 9. The molecule has 2 amide bonds. The number of carbonyl (C=O) groups is 2. The lowest BCUT2D eigenvalue weighted by Gasteiger charge is -2.21. The van der Waals surface area contributed by atoms with Gasteiger partial charge in [0.25, 0.3) is 5.91 Å². The fourth-order valence-electron chi connectivity index (χ4n) is 3.28. The molecule has 8 nitrogen and oxygen atoms in total. The first-order valence-electron chi connectivity index (χ1n) is 11.0. The SMILES string of the molecule is COCCCN(CC(=O)Nc1cc(C(C)(C)C)nn1-c1ccc(C)cc1)C(=O)c1ccco1. The van der Waals surface area contributed by atoms with Gasteiger partial charge in [-0.25, -0.2) is 4.68 Å². The second-order valence-corrected chi connectivity index (χ2v) is 9.01. The molecule has 1 N–H and O–H groups in total. The normalized spacial score (nSPS) is 11.4. The molecule has 0 aliphatic carbocycles. The predicted molar refractivity (Wildman–Crippen MR) is 127 cm³/mol. The van der Waals surface area contributed by atoms with Gasteiger partial charge in [0.2, 0.25) is 5.91 Å². The monoisotopic (exact) mass is 452 g/mol. The van der Waals surface area contributed by atoms with Crippen molar-refractivity contribution in [1.29, 1.82) is 0 Å². The van der Waals surface area contributed by atoms with Gasteiger partial charge in [-0.15, -0.1) is 0 Å². The molecule has 3 aromatic rings. The van der Waals surface area contributed by atoms with Gasteiger partial charge in [-0.1, -0.05) is 38.5 Å². The van der Waals surface area contributed by atoms with Gasteiger partial charge in [-0.3, -0.25) is 9.59 Å². The average Bonchev–Trinajstić information content (AvgIpc) is 3.43. The summed E-state index contributed by atoms with van der Waals surface area (Å²) < 4.78 is 12.1. The fraction of sp³-hybridized carbons (Fsp3) is 0.400. The molecular weight excluding hydrogens is 420 g/mol. The number of furan rings is 1. The first-order chi connectivity index (χ1) is 15.7. The van der Waals surface area contributed by atoms with E-state index in [0.717, 1.165) is 16.9 Å². The van der Waals surface area contributed by atoms with Crippen molar-refractivity contribution in [3.63, 3.8) is 0 Å². The van der Waals surface area contributed by atoms with Crippen LogP contribution in [0.25, 0.3) is 5.69 Å². The first-order valence-corrected chi connectivity index (χ1v) is 11.0. The Hall–Kier alpha value is -3.39. The molecule has 0 saturated carbocycles. The first kappa shape index (κ1) is 24.3. The van der Waals surface area contributed by atoms with Crippen LogP contribution in [-0.2, 0) is 14.9 Å². The topological polar surface area (TPSA) is 89.6 Å². The minimum atomic E-state index is -0.339. The van der Waals surface area contributed by atoms with E-state index in [1.807, 2.05) is 37.3 Å². The second kappa shape index (κ2) is 10.5. The standard InChI is InChI=1S/C25H32N4O4/c1-18-9-11-19(12-10-18)29-22(16-21(27-29)25(2,3)4)26-23(30)17-28(13-7-14-32-5)24(31)20-8-6-15-33-20/h6,8-12,15-16H,7,13-14,17H2,1-5H3,(H,26,30). The number of aryl methyl sites for hydroxylation is 1. The second-order valence-electron chi connectivity index (χ2n) is 9.01. The van der Waals surface area contributed by atoms with E-state index < -0.39 is 0 Å². The predicted octanol–water partition coefficient (Wildman–Crippen LogP) is 4.19. The number of hydrogen-bond acceptors (Lipinski definition) is 5. The largest absolute Gasteiger partial charge is 0.459 e. The maximum Gasteiger partial charge on any atom is 0.290 e. The Balaban J connectivity index is 1.82. The zero-order chi connectivity index (χ0) is 24.0. The van der Waals surface area contributed by atoms with Gasteiger partial charge < -0.3 is 19.4 Å². The Labute approximate surface area is 194 Å². The molecule has 0 spiro atoms. The maximum absolute atomic E-state index is 13.0. The number of ether oxygens (including phenoxy) is 1. The summed E-state index contributed by atoms with van der Waals surface area (Å²) in [5, 5.41) is 7.68. The Kier molecular flexibility index (Phi) is 7.71. The van der Waals surface area contributed by atoms with E-state index in [-0.39, 0.29) is 29.5 Å². The Morgan fingerprint density at radius 2 is 1.91 bits per heavy atom. The van der Waals surface area contributed by atoms with Crippen LogP contribution in [0.2, 0.25) is 0 Å². The lowest BCUT2D eigenvalue weighted by Crippen LogP contribution is -2.39. The third-order valence-corrected chi connectivity index (χ3v) is 5.15. The van der Waals surface area contributed by atoms with E-state index in [0.29, 0.717) is 25.4 Å².